The lowest BCUT2D eigenvalue weighted by Gasteiger charge is -2.09. The Kier molecular flexibility index (Phi) is 4.94. The van der Waals surface area contributed by atoms with Crippen molar-refractivity contribution in [3.63, 3.8) is 0 Å². The normalized spacial score (nSPS) is 10.5. The zero-order chi connectivity index (χ0) is 13.3. The molecule has 0 radical (unpaired) electrons. The van der Waals surface area contributed by atoms with E-state index in [2.05, 4.69) is 52.8 Å². The fourth-order valence-corrected chi connectivity index (χ4v) is 3.06. The molecule has 0 fully saturated rings. The van der Waals surface area contributed by atoms with Gasteiger partial charge in [0.15, 0.2) is 0 Å². The van der Waals surface area contributed by atoms with Crippen LogP contribution < -0.4 is 4.74 Å². The van der Waals surface area contributed by atoms with Gasteiger partial charge in [-0.25, -0.2) is 4.98 Å². The van der Waals surface area contributed by atoms with Crippen LogP contribution in [0, 0.1) is 0 Å². The maximum absolute atomic E-state index is 6.07. The molecule has 2 aromatic rings. The van der Waals surface area contributed by atoms with Crippen LogP contribution in [0.15, 0.2) is 37.8 Å². The molecule has 0 saturated heterocycles. The van der Waals surface area contributed by atoms with Crippen LogP contribution >= 0.6 is 71.0 Å². The van der Waals surface area contributed by atoms with Crippen LogP contribution in [-0.2, 0) is 0 Å². The molecule has 2 rings (SSSR count). The highest BCUT2D eigenvalue weighted by atomic mass is 79.9. The number of benzene rings is 1. The molecular weight excluding hydrogens is 473 g/mol. The summed E-state index contributed by atoms with van der Waals surface area (Å²) >= 11 is 22.0. The summed E-state index contributed by atoms with van der Waals surface area (Å²) in [5.74, 6) is 0.860. The van der Waals surface area contributed by atoms with Gasteiger partial charge in [0.1, 0.15) is 5.75 Å². The summed E-state index contributed by atoms with van der Waals surface area (Å²) in [6.07, 6.45) is 1.63. The summed E-state index contributed by atoms with van der Waals surface area (Å²) in [5.41, 5.74) is 0. The van der Waals surface area contributed by atoms with Gasteiger partial charge >= 0.3 is 0 Å². The third kappa shape index (κ3) is 3.39. The van der Waals surface area contributed by atoms with Crippen LogP contribution in [0.25, 0.3) is 0 Å². The summed E-state index contributed by atoms with van der Waals surface area (Å²) in [5, 5.41) is 0.963. The Bertz CT molecular complexity index is 607. The number of hydrogen-bond donors (Lipinski definition) is 0. The lowest BCUT2D eigenvalue weighted by Crippen LogP contribution is -1.90. The zero-order valence-electron chi connectivity index (χ0n) is 8.55. The molecule has 0 N–H and O–H groups in total. The van der Waals surface area contributed by atoms with Crippen molar-refractivity contribution < 1.29 is 4.74 Å². The first-order chi connectivity index (χ1) is 8.47. The molecule has 0 aliphatic heterocycles. The minimum Gasteiger partial charge on any atom is -0.436 e. The van der Waals surface area contributed by atoms with Gasteiger partial charge in [-0.05, 0) is 59.9 Å². The zero-order valence-corrected chi connectivity index (χ0v) is 14.8. The van der Waals surface area contributed by atoms with E-state index in [1.54, 1.807) is 18.3 Å². The number of nitrogens with zero attached hydrogens (tertiary/aromatic N) is 1. The third-order valence-corrected chi connectivity index (χ3v) is 4.45. The molecule has 1 aromatic heterocycles. The van der Waals surface area contributed by atoms with Gasteiger partial charge in [-0.3, -0.25) is 0 Å². The van der Waals surface area contributed by atoms with E-state index in [0.29, 0.717) is 30.6 Å². The van der Waals surface area contributed by atoms with Crippen LogP contribution in [0.4, 0.5) is 0 Å². The number of aromatic nitrogens is 1. The highest BCUT2D eigenvalue weighted by Crippen LogP contribution is 2.38. The van der Waals surface area contributed by atoms with Crippen molar-refractivity contribution in [2.24, 2.45) is 0 Å². The molecule has 7 heteroatoms. The van der Waals surface area contributed by atoms with Gasteiger partial charge in [-0.1, -0.05) is 23.2 Å². The second-order valence-electron chi connectivity index (χ2n) is 3.24. The molecule has 1 heterocycles. The van der Waals surface area contributed by atoms with Gasteiger partial charge in [0.25, 0.3) is 0 Å². The highest BCUT2D eigenvalue weighted by Gasteiger charge is 2.11. The molecule has 0 spiro atoms. The number of rotatable bonds is 2. The highest BCUT2D eigenvalue weighted by molar-refractivity contribution is 9.11. The summed E-state index contributed by atoms with van der Waals surface area (Å²) in [4.78, 5) is 4.14. The molecule has 0 atom stereocenters. The Morgan fingerprint density at radius 3 is 2.33 bits per heavy atom. The van der Waals surface area contributed by atoms with Crippen molar-refractivity contribution in [1.82, 2.24) is 4.98 Å². The minimum absolute atomic E-state index is 0.415. The third-order valence-electron chi connectivity index (χ3n) is 1.96. The van der Waals surface area contributed by atoms with E-state index in [1.807, 2.05) is 6.07 Å². The first-order valence-electron chi connectivity index (χ1n) is 4.61. The van der Waals surface area contributed by atoms with Crippen molar-refractivity contribution in [2.75, 3.05) is 0 Å². The van der Waals surface area contributed by atoms with Gasteiger partial charge in [0, 0.05) is 21.2 Å². The predicted molar refractivity (Wildman–Crippen MR) is 83.9 cm³/mol. The fourth-order valence-electron chi connectivity index (χ4n) is 1.16. The first-order valence-corrected chi connectivity index (χ1v) is 7.74. The van der Waals surface area contributed by atoms with Crippen molar-refractivity contribution in [3.8, 4) is 11.6 Å². The van der Waals surface area contributed by atoms with E-state index in [-0.39, 0.29) is 0 Å². The van der Waals surface area contributed by atoms with Gasteiger partial charge in [0.2, 0.25) is 5.88 Å². The Balaban J connectivity index is 2.37. The second kappa shape index (κ2) is 6.09. The summed E-state index contributed by atoms with van der Waals surface area (Å²) in [7, 11) is 0. The molecule has 0 amide bonds. The maximum atomic E-state index is 6.07. The molecular formula is C11H4Br3Cl2NO. The molecule has 2 nitrogen and oxygen atoms in total. The van der Waals surface area contributed by atoms with Gasteiger partial charge in [0.05, 0.1) is 14.5 Å². The van der Waals surface area contributed by atoms with E-state index in [4.69, 9.17) is 27.9 Å². The van der Waals surface area contributed by atoms with Gasteiger partial charge in [-0.15, -0.1) is 0 Å². The van der Waals surface area contributed by atoms with Gasteiger partial charge in [-0.2, -0.15) is 0 Å². The van der Waals surface area contributed by atoms with Crippen LogP contribution in [0.1, 0.15) is 0 Å². The Hall–Kier alpha value is 0.190. The summed E-state index contributed by atoms with van der Waals surface area (Å²) < 4.78 is 7.89. The molecule has 0 unspecified atom stereocenters. The SMILES string of the molecule is Clc1cc(Oc2ncc(Br)cc2Br)c(Cl)cc1Br. The minimum atomic E-state index is 0.415. The molecule has 0 aliphatic rings. The number of pyridine rings is 1. The summed E-state index contributed by atoms with van der Waals surface area (Å²) in [6.45, 7) is 0. The number of ether oxygens (including phenoxy) is 1. The van der Waals surface area contributed by atoms with Gasteiger partial charge < -0.3 is 4.74 Å². The number of hydrogen-bond acceptors (Lipinski definition) is 2. The first kappa shape index (κ1) is 14.6. The average Bonchev–Trinajstić information content (AvgIpc) is 2.29. The van der Waals surface area contributed by atoms with E-state index < -0.39 is 0 Å². The standard InChI is InChI=1S/C11H4Br3Cl2NO/c12-5-1-7(14)11(17-4-5)18-10-3-8(15)6(13)2-9(10)16/h1-4H. The lowest BCUT2D eigenvalue weighted by atomic mass is 10.3. The maximum Gasteiger partial charge on any atom is 0.233 e. The van der Waals surface area contributed by atoms with Crippen LogP contribution in [0.5, 0.6) is 11.6 Å². The summed E-state index contributed by atoms with van der Waals surface area (Å²) in [6, 6.07) is 5.13. The number of halogens is 5. The second-order valence-corrected chi connectivity index (χ2v) is 6.68. The van der Waals surface area contributed by atoms with Crippen molar-refractivity contribution in [3.05, 3.63) is 47.9 Å². The van der Waals surface area contributed by atoms with Crippen LogP contribution in [0.2, 0.25) is 10.0 Å². The monoisotopic (exact) mass is 473 g/mol. The molecule has 0 aliphatic carbocycles. The average molecular weight is 477 g/mol. The van der Waals surface area contributed by atoms with E-state index in [9.17, 15) is 0 Å². The quantitative estimate of drug-likeness (QED) is 0.464. The van der Waals surface area contributed by atoms with Crippen molar-refractivity contribution in [2.45, 2.75) is 0 Å². The van der Waals surface area contributed by atoms with E-state index in [0.717, 1.165) is 4.47 Å². The predicted octanol–water partition coefficient (Wildman–Crippen LogP) is 6.47. The molecule has 18 heavy (non-hydrogen) atoms. The largest absolute Gasteiger partial charge is 0.436 e. The smallest absolute Gasteiger partial charge is 0.233 e. The topological polar surface area (TPSA) is 22.1 Å². The Labute approximate surface area is 139 Å². The van der Waals surface area contributed by atoms with E-state index >= 15 is 0 Å². The molecule has 94 valence electrons. The van der Waals surface area contributed by atoms with Crippen LogP contribution in [-0.4, -0.2) is 4.98 Å². The van der Waals surface area contributed by atoms with Crippen molar-refractivity contribution >= 4 is 71.0 Å². The molecule has 0 bridgehead atoms. The molecule has 1 aromatic carbocycles. The van der Waals surface area contributed by atoms with Crippen LogP contribution in [0.3, 0.4) is 0 Å². The van der Waals surface area contributed by atoms with Crippen molar-refractivity contribution in [1.29, 1.82) is 0 Å². The lowest BCUT2D eigenvalue weighted by molar-refractivity contribution is 0.459. The van der Waals surface area contributed by atoms with E-state index in [1.165, 1.54) is 0 Å². The Morgan fingerprint density at radius 2 is 1.67 bits per heavy atom. The Morgan fingerprint density at radius 1 is 0.944 bits per heavy atom. The molecule has 0 saturated carbocycles. The fraction of sp³-hybridized carbons (Fsp3) is 0.